The second-order valence-corrected chi connectivity index (χ2v) is 5.10. The van der Waals surface area contributed by atoms with Crippen LogP contribution >= 0.6 is 15.9 Å². The maximum Gasteiger partial charge on any atom is 0.127 e. The molecule has 1 aliphatic rings. The van der Waals surface area contributed by atoms with E-state index in [1.807, 2.05) is 6.07 Å². The van der Waals surface area contributed by atoms with Crippen LogP contribution in [0, 0.1) is 5.82 Å². The predicted octanol–water partition coefficient (Wildman–Crippen LogP) is 2.54. The molecular weight excluding hydrogens is 273 g/mol. The molecule has 1 atom stereocenters. The molecule has 1 aliphatic heterocycles. The Labute approximate surface area is 103 Å². The number of likely N-dealkylation sites (tertiary alicyclic amines) is 1. The fraction of sp³-hybridized carbons (Fsp3) is 0.500. The van der Waals surface area contributed by atoms with Crippen LogP contribution in [0.4, 0.5) is 4.39 Å². The van der Waals surface area contributed by atoms with Crippen LogP contribution < -0.4 is 0 Å². The maximum absolute atomic E-state index is 13.5. The average Bonchev–Trinajstić information content (AvgIpc) is 2.71. The quantitative estimate of drug-likeness (QED) is 0.924. The molecule has 4 heteroatoms. The molecule has 0 aliphatic carbocycles. The molecule has 2 rings (SSSR count). The van der Waals surface area contributed by atoms with Crippen LogP contribution in [0.3, 0.4) is 0 Å². The highest BCUT2D eigenvalue weighted by molar-refractivity contribution is 9.10. The monoisotopic (exact) mass is 287 g/mol. The highest BCUT2D eigenvalue weighted by Crippen LogP contribution is 2.22. The summed E-state index contributed by atoms with van der Waals surface area (Å²) < 4.78 is 14.4. The zero-order valence-corrected chi connectivity index (χ0v) is 10.6. The van der Waals surface area contributed by atoms with Gasteiger partial charge in [0, 0.05) is 22.6 Å². The lowest BCUT2D eigenvalue weighted by Crippen LogP contribution is -2.31. The highest BCUT2D eigenvalue weighted by atomic mass is 79.9. The minimum absolute atomic E-state index is 0.162. The average molecular weight is 288 g/mol. The maximum atomic E-state index is 13.5. The normalized spacial score (nSPS) is 21.6. The number of hydrogen-bond acceptors (Lipinski definition) is 2. The molecule has 1 heterocycles. The molecule has 0 amide bonds. The van der Waals surface area contributed by atoms with E-state index in [0.29, 0.717) is 12.1 Å². The van der Waals surface area contributed by atoms with Crippen LogP contribution in [0.15, 0.2) is 22.7 Å². The second kappa shape index (κ2) is 5.25. The molecule has 0 aromatic heterocycles. The first-order chi connectivity index (χ1) is 7.70. The highest BCUT2D eigenvalue weighted by Gasteiger charge is 2.24. The Morgan fingerprint density at radius 1 is 1.50 bits per heavy atom. The van der Waals surface area contributed by atoms with Gasteiger partial charge in [-0.25, -0.2) is 4.39 Å². The Morgan fingerprint density at radius 3 is 3.06 bits per heavy atom. The number of hydrogen-bond donors (Lipinski definition) is 1. The van der Waals surface area contributed by atoms with Crippen molar-refractivity contribution in [3.63, 3.8) is 0 Å². The van der Waals surface area contributed by atoms with E-state index in [0.717, 1.165) is 23.9 Å². The minimum atomic E-state index is -0.174. The van der Waals surface area contributed by atoms with Crippen molar-refractivity contribution in [1.82, 2.24) is 4.90 Å². The molecule has 0 unspecified atom stereocenters. The van der Waals surface area contributed by atoms with Crippen molar-refractivity contribution in [3.8, 4) is 0 Å². The first-order valence-electron chi connectivity index (χ1n) is 5.49. The fourth-order valence-electron chi connectivity index (χ4n) is 2.19. The van der Waals surface area contributed by atoms with Crippen molar-refractivity contribution in [2.45, 2.75) is 25.4 Å². The van der Waals surface area contributed by atoms with Gasteiger partial charge in [-0.3, -0.25) is 4.90 Å². The summed E-state index contributed by atoms with van der Waals surface area (Å²) in [5.74, 6) is -0.174. The summed E-state index contributed by atoms with van der Waals surface area (Å²) in [4.78, 5) is 2.14. The molecule has 0 spiro atoms. The molecular formula is C12H15BrFNO. The summed E-state index contributed by atoms with van der Waals surface area (Å²) in [5.41, 5.74) is 0.690. The summed E-state index contributed by atoms with van der Waals surface area (Å²) in [7, 11) is 0. The minimum Gasteiger partial charge on any atom is -0.395 e. The van der Waals surface area contributed by atoms with Gasteiger partial charge in [0.15, 0.2) is 0 Å². The summed E-state index contributed by atoms with van der Waals surface area (Å²) in [5, 5.41) is 9.19. The van der Waals surface area contributed by atoms with Gasteiger partial charge in [-0.05, 0) is 37.6 Å². The SMILES string of the molecule is OC[C@H]1CCCN1Cc1cc(Br)ccc1F. The van der Waals surface area contributed by atoms with E-state index in [1.165, 1.54) is 6.07 Å². The third-order valence-electron chi connectivity index (χ3n) is 3.09. The molecule has 1 aromatic rings. The molecule has 1 aromatic carbocycles. The number of nitrogens with zero attached hydrogens (tertiary/aromatic N) is 1. The van der Waals surface area contributed by atoms with Crippen molar-refractivity contribution in [3.05, 3.63) is 34.1 Å². The largest absolute Gasteiger partial charge is 0.395 e. The van der Waals surface area contributed by atoms with Crippen LogP contribution in [0.1, 0.15) is 18.4 Å². The van der Waals surface area contributed by atoms with Crippen molar-refractivity contribution in [2.24, 2.45) is 0 Å². The third-order valence-corrected chi connectivity index (χ3v) is 3.58. The molecule has 2 nitrogen and oxygen atoms in total. The van der Waals surface area contributed by atoms with Gasteiger partial charge in [-0.1, -0.05) is 15.9 Å². The first-order valence-corrected chi connectivity index (χ1v) is 6.29. The third kappa shape index (κ3) is 2.62. The van der Waals surface area contributed by atoms with Gasteiger partial charge in [0.05, 0.1) is 6.61 Å². The number of aliphatic hydroxyl groups excluding tert-OH is 1. The Hall–Kier alpha value is -0.450. The molecule has 1 N–H and O–H groups in total. The lowest BCUT2D eigenvalue weighted by atomic mass is 10.2. The predicted molar refractivity (Wildman–Crippen MR) is 64.6 cm³/mol. The molecule has 1 fully saturated rings. The topological polar surface area (TPSA) is 23.5 Å². The Bertz CT molecular complexity index is 372. The van der Waals surface area contributed by atoms with E-state index in [2.05, 4.69) is 20.8 Å². The molecule has 0 bridgehead atoms. The van der Waals surface area contributed by atoms with Crippen molar-refractivity contribution < 1.29 is 9.50 Å². The molecule has 88 valence electrons. The summed E-state index contributed by atoms with van der Waals surface area (Å²) in [6, 6.07) is 5.18. The van der Waals surface area contributed by atoms with Crippen molar-refractivity contribution in [1.29, 1.82) is 0 Å². The number of halogens is 2. The number of rotatable bonds is 3. The van der Waals surface area contributed by atoms with Gasteiger partial charge < -0.3 is 5.11 Å². The zero-order chi connectivity index (χ0) is 11.5. The molecule has 0 radical (unpaired) electrons. The van der Waals surface area contributed by atoms with Gasteiger partial charge in [-0.2, -0.15) is 0 Å². The van der Waals surface area contributed by atoms with Gasteiger partial charge in [0.25, 0.3) is 0 Å². The molecule has 16 heavy (non-hydrogen) atoms. The van der Waals surface area contributed by atoms with Gasteiger partial charge in [-0.15, -0.1) is 0 Å². The lowest BCUT2D eigenvalue weighted by molar-refractivity contribution is 0.152. The molecule has 1 saturated heterocycles. The standard InChI is InChI=1S/C12H15BrFNO/c13-10-3-4-12(14)9(6-10)7-15-5-1-2-11(15)8-16/h3-4,6,11,16H,1-2,5,7-8H2/t11-/m1/s1. The van der Waals surface area contributed by atoms with Crippen LogP contribution in [-0.4, -0.2) is 29.2 Å². The Balaban J connectivity index is 2.11. The van der Waals surface area contributed by atoms with Gasteiger partial charge in [0.1, 0.15) is 5.82 Å². The van der Waals surface area contributed by atoms with E-state index in [-0.39, 0.29) is 18.5 Å². The van der Waals surface area contributed by atoms with E-state index < -0.39 is 0 Å². The van der Waals surface area contributed by atoms with Crippen molar-refractivity contribution in [2.75, 3.05) is 13.2 Å². The number of benzene rings is 1. The lowest BCUT2D eigenvalue weighted by Gasteiger charge is -2.22. The number of aliphatic hydroxyl groups is 1. The van der Waals surface area contributed by atoms with E-state index in [4.69, 9.17) is 0 Å². The smallest absolute Gasteiger partial charge is 0.127 e. The van der Waals surface area contributed by atoms with Gasteiger partial charge >= 0.3 is 0 Å². The summed E-state index contributed by atoms with van der Waals surface area (Å²) in [6.07, 6.45) is 2.09. The van der Waals surface area contributed by atoms with E-state index >= 15 is 0 Å². The first kappa shape index (κ1) is 12.0. The van der Waals surface area contributed by atoms with Gasteiger partial charge in [0.2, 0.25) is 0 Å². The van der Waals surface area contributed by atoms with Crippen LogP contribution in [0.25, 0.3) is 0 Å². The fourth-order valence-corrected chi connectivity index (χ4v) is 2.60. The van der Waals surface area contributed by atoms with E-state index in [1.54, 1.807) is 6.07 Å². The summed E-state index contributed by atoms with van der Waals surface area (Å²) >= 11 is 3.34. The molecule has 0 saturated carbocycles. The summed E-state index contributed by atoms with van der Waals surface area (Å²) in [6.45, 7) is 1.68. The van der Waals surface area contributed by atoms with Crippen LogP contribution in [0.5, 0.6) is 0 Å². The van der Waals surface area contributed by atoms with Crippen LogP contribution in [-0.2, 0) is 6.54 Å². The van der Waals surface area contributed by atoms with E-state index in [9.17, 15) is 9.50 Å². The zero-order valence-electron chi connectivity index (χ0n) is 9.00. The van der Waals surface area contributed by atoms with Crippen LogP contribution in [0.2, 0.25) is 0 Å². The Morgan fingerprint density at radius 2 is 2.31 bits per heavy atom. The second-order valence-electron chi connectivity index (χ2n) is 4.18. The Kier molecular flexibility index (Phi) is 3.95. The van der Waals surface area contributed by atoms with Crippen molar-refractivity contribution >= 4 is 15.9 Å².